The van der Waals surface area contributed by atoms with Gasteiger partial charge in [0.1, 0.15) is 11.9 Å². The van der Waals surface area contributed by atoms with Crippen molar-refractivity contribution in [1.82, 2.24) is 5.01 Å². The standard InChI is InChI=1S/C23H17FN4O5/c1-12-4-9-15(28(32)33)11-17(12)26-22(30)18-16-3-2-10-25-27(16)20(19(18)23(26)31)21(29)13-5-7-14(24)8-6-13/h2-11,16,18-20H,1H3/t16-,18+,19+,20+/m1/s1. The number of carbonyl (C=O) groups excluding carboxylic acids is 3. The predicted octanol–water partition coefficient (Wildman–Crippen LogP) is 2.64. The summed E-state index contributed by atoms with van der Waals surface area (Å²) in [5.74, 6) is -4.06. The average molecular weight is 448 g/mol. The van der Waals surface area contributed by atoms with Crippen molar-refractivity contribution in [2.24, 2.45) is 16.9 Å². The van der Waals surface area contributed by atoms with Crippen molar-refractivity contribution in [1.29, 1.82) is 0 Å². The van der Waals surface area contributed by atoms with Crippen molar-refractivity contribution < 1.29 is 23.7 Å². The van der Waals surface area contributed by atoms with Gasteiger partial charge in [-0.3, -0.25) is 29.5 Å². The summed E-state index contributed by atoms with van der Waals surface area (Å²) in [7, 11) is 0. The van der Waals surface area contributed by atoms with E-state index >= 15 is 0 Å². The maximum absolute atomic E-state index is 13.6. The first-order chi connectivity index (χ1) is 15.8. The molecule has 3 aliphatic rings. The van der Waals surface area contributed by atoms with E-state index in [0.717, 1.165) is 17.0 Å². The van der Waals surface area contributed by atoms with Crippen LogP contribution in [0.25, 0.3) is 0 Å². The number of amides is 2. The van der Waals surface area contributed by atoms with E-state index in [2.05, 4.69) is 5.10 Å². The highest BCUT2D eigenvalue weighted by Gasteiger charge is 2.64. The maximum Gasteiger partial charge on any atom is 0.271 e. The number of fused-ring (bicyclic) bond motifs is 3. The molecule has 9 nitrogen and oxygen atoms in total. The largest absolute Gasteiger partial charge is 0.292 e. The van der Waals surface area contributed by atoms with Crippen LogP contribution in [0.2, 0.25) is 0 Å². The molecule has 0 aromatic heterocycles. The van der Waals surface area contributed by atoms with Crippen molar-refractivity contribution in [3.63, 3.8) is 0 Å². The van der Waals surface area contributed by atoms with Crippen molar-refractivity contribution in [2.75, 3.05) is 4.90 Å². The van der Waals surface area contributed by atoms with E-state index in [9.17, 15) is 28.9 Å². The lowest BCUT2D eigenvalue weighted by molar-refractivity contribution is -0.384. The molecular formula is C23H17FN4O5. The molecule has 0 aliphatic carbocycles. The molecule has 2 aromatic carbocycles. The van der Waals surface area contributed by atoms with Crippen LogP contribution in [0.4, 0.5) is 15.8 Å². The number of nitrogens with zero attached hydrogens (tertiary/aromatic N) is 4. The van der Waals surface area contributed by atoms with Crippen LogP contribution in [-0.4, -0.2) is 45.8 Å². The second kappa shape index (κ2) is 7.44. The van der Waals surface area contributed by atoms with Gasteiger partial charge in [0, 0.05) is 23.9 Å². The topological polar surface area (TPSA) is 113 Å². The number of allylic oxidation sites excluding steroid dienone is 1. The zero-order chi connectivity index (χ0) is 23.4. The zero-order valence-electron chi connectivity index (χ0n) is 17.3. The highest BCUT2D eigenvalue weighted by Crippen LogP contribution is 2.47. The number of ketones is 1. The Kier molecular flexibility index (Phi) is 4.66. The molecule has 0 bridgehead atoms. The molecule has 166 valence electrons. The van der Waals surface area contributed by atoms with Crippen molar-refractivity contribution in [3.05, 3.63) is 81.7 Å². The normalized spacial score (nSPS) is 25.4. The molecule has 0 saturated carbocycles. The number of Topliss-reactive ketones (excluding diaryl/α,β-unsaturated/α-hetero) is 1. The van der Waals surface area contributed by atoms with Gasteiger partial charge < -0.3 is 0 Å². The summed E-state index contributed by atoms with van der Waals surface area (Å²) in [6.07, 6.45) is 4.82. The number of halogens is 1. The summed E-state index contributed by atoms with van der Waals surface area (Å²) in [6.45, 7) is 1.64. The average Bonchev–Trinajstić information content (AvgIpc) is 3.27. The molecule has 2 fully saturated rings. The Morgan fingerprint density at radius 3 is 2.48 bits per heavy atom. The van der Waals surface area contributed by atoms with Gasteiger partial charge in [0.2, 0.25) is 11.8 Å². The molecule has 10 heteroatoms. The Bertz CT molecular complexity index is 1270. The number of hydrogen-bond donors (Lipinski definition) is 0. The first-order valence-corrected chi connectivity index (χ1v) is 10.2. The number of hydrazone groups is 1. The SMILES string of the molecule is Cc1ccc([N+](=O)[O-])cc1N1C(=O)[C@@H]2[C@H](C1=O)[C@@H](C(=O)c1ccc(F)cc1)N1N=CC=C[C@H]21. The summed E-state index contributed by atoms with van der Waals surface area (Å²) in [4.78, 5) is 52.1. The van der Waals surface area contributed by atoms with Gasteiger partial charge in [-0.1, -0.05) is 12.1 Å². The fourth-order valence-corrected chi connectivity index (χ4v) is 4.81. The molecule has 0 spiro atoms. The van der Waals surface area contributed by atoms with Gasteiger partial charge in [-0.25, -0.2) is 9.29 Å². The van der Waals surface area contributed by atoms with Crippen LogP contribution >= 0.6 is 0 Å². The quantitative estimate of drug-likeness (QED) is 0.308. The summed E-state index contributed by atoms with van der Waals surface area (Å²) in [5.41, 5.74) is 0.570. The van der Waals surface area contributed by atoms with Crippen LogP contribution in [-0.2, 0) is 9.59 Å². The first-order valence-electron chi connectivity index (χ1n) is 10.2. The summed E-state index contributed by atoms with van der Waals surface area (Å²) >= 11 is 0. The molecule has 4 atom stereocenters. The van der Waals surface area contributed by atoms with Gasteiger partial charge in [-0.05, 0) is 42.8 Å². The second-order valence-electron chi connectivity index (χ2n) is 8.13. The lowest BCUT2D eigenvalue weighted by atomic mass is 9.86. The van der Waals surface area contributed by atoms with E-state index in [0.29, 0.717) is 5.56 Å². The number of nitro benzene ring substituents is 1. The molecule has 2 amide bonds. The van der Waals surface area contributed by atoms with Crippen LogP contribution < -0.4 is 4.90 Å². The third-order valence-corrected chi connectivity index (χ3v) is 6.33. The molecule has 0 radical (unpaired) electrons. The fraction of sp³-hybridized carbons (Fsp3) is 0.217. The molecule has 3 heterocycles. The lowest BCUT2D eigenvalue weighted by Gasteiger charge is -2.30. The fourth-order valence-electron chi connectivity index (χ4n) is 4.81. The number of nitro groups is 1. The van der Waals surface area contributed by atoms with Crippen LogP contribution in [0, 0.1) is 34.7 Å². The number of aryl methyl sites for hydroxylation is 1. The molecular weight excluding hydrogens is 431 g/mol. The smallest absolute Gasteiger partial charge is 0.271 e. The van der Waals surface area contributed by atoms with Crippen LogP contribution in [0.5, 0.6) is 0 Å². The Labute approximate surface area is 186 Å². The van der Waals surface area contributed by atoms with Gasteiger partial charge in [-0.2, -0.15) is 5.10 Å². The summed E-state index contributed by atoms with van der Waals surface area (Å²) in [5, 5.41) is 17.0. The van der Waals surface area contributed by atoms with Gasteiger partial charge >= 0.3 is 0 Å². The minimum absolute atomic E-state index is 0.122. The van der Waals surface area contributed by atoms with Crippen molar-refractivity contribution >= 4 is 35.2 Å². The maximum atomic E-state index is 13.6. The second-order valence-corrected chi connectivity index (χ2v) is 8.13. The van der Waals surface area contributed by atoms with E-state index in [1.165, 1.54) is 41.6 Å². The highest BCUT2D eigenvalue weighted by atomic mass is 19.1. The molecule has 33 heavy (non-hydrogen) atoms. The zero-order valence-corrected chi connectivity index (χ0v) is 17.3. The molecule has 2 aromatic rings. The summed E-state index contributed by atoms with van der Waals surface area (Å²) in [6, 6.07) is 7.21. The van der Waals surface area contributed by atoms with Crippen molar-refractivity contribution in [2.45, 2.75) is 19.0 Å². The number of imide groups is 1. The molecule has 2 saturated heterocycles. The number of carbonyl (C=O) groups is 3. The minimum Gasteiger partial charge on any atom is -0.292 e. The number of hydrogen-bond acceptors (Lipinski definition) is 7. The van der Waals surface area contributed by atoms with E-state index in [1.807, 2.05) is 0 Å². The number of non-ortho nitro benzene ring substituents is 1. The van der Waals surface area contributed by atoms with E-state index in [4.69, 9.17) is 0 Å². The number of anilines is 1. The summed E-state index contributed by atoms with van der Waals surface area (Å²) < 4.78 is 13.4. The molecule has 0 N–H and O–H groups in total. The van der Waals surface area contributed by atoms with Gasteiger partial charge in [0.05, 0.1) is 28.5 Å². The molecule has 5 rings (SSSR count). The van der Waals surface area contributed by atoms with Gasteiger partial charge in [0.25, 0.3) is 5.69 Å². The number of rotatable bonds is 4. The van der Waals surface area contributed by atoms with Crippen molar-refractivity contribution in [3.8, 4) is 0 Å². The predicted molar refractivity (Wildman–Crippen MR) is 115 cm³/mol. The Hall–Kier alpha value is -4.21. The Balaban J connectivity index is 1.59. The Morgan fingerprint density at radius 1 is 1.09 bits per heavy atom. The first kappa shape index (κ1) is 20.7. The molecule has 3 aliphatic heterocycles. The van der Waals surface area contributed by atoms with Gasteiger partial charge in [-0.15, -0.1) is 0 Å². The highest BCUT2D eigenvalue weighted by molar-refractivity contribution is 6.25. The van der Waals surface area contributed by atoms with E-state index < -0.39 is 52.3 Å². The molecule has 0 unspecified atom stereocenters. The van der Waals surface area contributed by atoms with E-state index in [-0.39, 0.29) is 16.9 Å². The van der Waals surface area contributed by atoms with Crippen LogP contribution in [0.1, 0.15) is 15.9 Å². The van der Waals surface area contributed by atoms with E-state index in [1.54, 1.807) is 19.1 Å². The van der Waals surface area contributed by atoms with Gasteiger partial charge in [0.15, 0.2) is 5.78 Å². The minimum atomic E-state index is -1.08. The third-order valence-electron chi connectivity index (χ3n) is 6.33. The number of benzene rings is 2. The lowest BCUT2D eigenvalue weighted by Crippen LogP contribution is -2.46. The van der Waals surface area contributed by atoms with Crippen LogP contribution in [0.15, 0.2) is 59.7 Å². The monoisotopic (exact) mass is 448 g/mol. The van der Waals surface area contributed by atoms with Crippen LogP contribution in [0.3, 0.4) is 0 Å². The third kappa shape index (κ3) is 3.05. The Morgan fingerprint density at radius 2 is 1.79 bits per heavy atom.